The van der Waals surface area contributed by atoms with Crippen LogP contribution in [0.1, 0.15) is 32.1 Å². The van der Waals surface area contributed by atoms with Crippen molar-refractivity contribution >= 4 is 29.3 Å². The Morgan fingerprint density at radius 2 is 1.71 bits per heavy atom. The lowest BCUT2D eigenvalue weighted by Gasteiger charge is -2.29. The number of nitrogens with zero attached hydrogens (tertiary/aromatic N) is 1. The number of hydrogen-bond donors (Lipinski definition) is 4. The molecule has 0 bridgehead atoms. The SMILES string of the molecule is C#CCSC(NC(=O)[C@H](CC(C)(C)F)NC(F)c1ccc(-c2ccc(N3CCNCC3)cc2)cc1)C(=O)O. The van der Waals surface area contributed by atoms with Crippen molar-refractivity contribution in [3.63, 3.8) is 0 Å². The fourth-order valence-corrected chi connectivity index (χ4v) is 4.76. The number of thioether (sulfide) groups is 1. The van der Waals surface area contributed by atoms with Gasteiger partial charge in [-0.15, -0.1) is 18.2 Å². The number of terminal acetylenes is 1. The number of carbonyl (C=O) groups excluding carboxylic acids is 1. The molecular formula is C28H34F2N4O3S. The molecule has 204 valence electrons. The van der Waals surface area contributed by atoms with Crippen LogP contribution in [0.25, 0.3) is 11.1 Å². The number of rotatable bonds is 12. The normalized spacial score (nSPS) is 16.2. The van der Waals surface area contributed by atoms with Crippen LogP contribution in [0.15, 0.2) is 48.5 Å². The minimum absolute atomic E-state index is 0.0560. The Hall–Kier alpha value is -3.13. The third kappa shape index (κ3) is 8.72. The monoisotopic (exact) mass is 544 g/mol. The summed E-state index contributed by atoms with van der Waals surface area (Å²) in [5, 5.41) is 16.2. The van der Waals surface area contributed by atoms with Gasteiger partial charge in [0.25, 0.3) is 0 Å². The molecule has 2 unspecified atom stereocenters. The summed E-state index contributed by atoms with van der Waals surface area (Å²) in [5.41, 5.74) is 1.50. The van der Waals surface area contributed by atoms with Crippen molar-refractivity contribution in [2.75, 3.05) is 36.8 Å². The number of piperazine rings is 1. The van der Waals surface area contributed by atoms with E-state index in [2.05, 4.69) is 38.9 Å². The second kappa shape index (κ2) is 13.6. The summed E-state index contributed by atoms with van der Waals surface area (Å²) >= 11 is 0.829. The Balaban J connectivity index is 1.68. The van der Waals surface area contributed by atoms with Crippen molar-refractivity contribution in [1.29, 1.82) is 0 Å². The number of carbonyl (C=O) groups is 2. The van der Waals surface area contributed by atoms with E-state index in [4.69, 9.17) is 6.42 Å². The average molecular weight is 545 g/mol. The summed E-state index contributed by atoms with van der Waals surface area (Å²) in [6.45, 7) is 6.37. The van der Waals surface area contributed by atoms with Crippen LogP contribution in [0.2, 0.25) is 0 Å². The molecule has 0 aliphatic carbocycles. The summed E-state index contributed by atoms with van der Waals surface area (Å²) < 4.78 is 29.7. The van der Waals surface area contributed by atoms with Crippen LogP contribution in [0, 0.1) is 12.3 Å². The number of anilines is 1. The number of alkyl halides is 2. The molecule has 1 amide bonds. The lowest BCUT2D eigenvalue weighted by atomic mass is 9.99. The van der Waals surface area contributed by atoms with Gasteiger partial charge in [-0.05, 0) is 37.1 Å². The Morgan fingerprint density at radius 1 is 1.13 bits per heavy atom. The highest BCUT2D eigenvalue weighted by molar-refractivity contribution is 8.00. The molecule has 0 radical (unpaired) electrons. The van der Waals surface area contributed by atoms with E-state index in [0.717, 1.165) is 54.8 Å². The molecule has 1 heterocycles. The molecule has 38 heavy (non-hydrogen) atoms. The lowest BCUT2D eigenvalue weighted by Crippen LogP contribution is -2.51. The highest BCUT2D eigenvalue weighted by atomic mass is 32.2. The zero-order valence-corrected chi connectivity index (χ0v) is 22.4. The molecule has 0 aromatic heterocycles. The van der Waals surface area contributed by atoms with Crippen LogP contribution in [0.5, 0.6) is 0 Å². The van der Waals surface area contributed by atoms with E-state index < -0.39 is 35.3 Å². The van der Waals surface area contributed by atoms with Crippen molar-refractivity contribution in [2.24, 2.45) is 0 Å². The zero-order valence-electron chi connectivity index (χ0n) is 21.5. The third-order valence-corrected chi connectivity index (χ3v) is 7.06. The van der Waals surface area contributed by atoms with Crippen LogP contribution in [-0.4, -0.2) is 66.0 Å². The molecule has 4 N–H and O–H groups in total. The van der Waals surface area contributed by atoms with Crippen LogP contribution in [0.3, 0.4) is 0 Å². The number of halogens is 2. The van der Waals surface area contributed by atoms with Crippen molar-refractivity contribution in [3.05, 3.63) is 54.1 Å². The molecule has 7 nitrogen and oxygen atoms in total. The number of nitrogens with one attached hydrogen (secondary N) is 3. The summed E-state index contributed by atoms with van der Waals surface area (Å²) in [7, 11) is 0. The Labute approximate surface area is 226 Å². The van der Waals surface area contributed by atoms with Crippen LogP contribution < -0.4 is 20.9 Å². The van der Waals surface area contributed by atoms with Gasteiger partial charge in [-0.2, -0.15) is 0 Å². The second-order valence-electron chi connectivity index (χ2n) is 9.65. The number of amides is 1. The molecule has 1 fully saturated rings. The zero-order chi connectivity index (χ0) is 27.7. The molecule has 1 aliphatic rings. The molecule has 2 aromatic carbocycles. The van der Waals surface area contributed by atoms with Crippen LogP contribution >= 0.6 is 11.8 Å². The average Bonchev–Trinajstić information content (AvgIpc) is 2.90. The number of aliphatic carboxylic acids is 1. The van der Waals surface area contributed by atoms with Gasteiger partial charge in [-0.3, -0.25) is 10.1 Å². The van der Waals surface area contributed by atoms with Gasteiger partial charge in [0.15, 0.2) is 11.7 Å². The predicted molar refractivity (Wildman–Crippen MR) is 148 cm³/mol. The van der Waals surface area contributed by atoms with E-state index in [0.29, 0.717) is 0 Å². The molecule has 1 aliphatic heterocycles. The number of carboxylic acids is 1. The van der Waals surface area contributed by atoms with Crippen molar-refractivity contribution < 1.29 is 23.5 Å². The van der Waals surface area contributed by atoms with Crippen molar-refractivity contribution in [1.82, 2.24) is 16.0 Å². The van der Waals surface area contributed by atoms with E-state index in [1.165, 1.54) is 13.8 Å². The quantitative estimate of drug-likeness (QED) is 0.184. The molecule has 10 heteroatoms. The highest BCUT2D eigenvalue weighted by Gasteiger charge is 2.32. The minimum Gasteiger partial charge on any atom is -0.479 e. The van der Waals surface area contributed by atoms with E-state index >= 15 is 4.39 Å². The van der Waals surface area contributed by atoms with Gasteiger partial charge in [-0.25, -0.2) is 13.6 Å². The van der Waals surface area contributed by atoms with Gasteiger partial charge in [-0.1, -0.05) is 42.3 Å². The first-order chi connectivity index (χ1) is 18.1. The maximum Gasteiger partial charge on any atom is 0.336 e. The maximum atomic E-state index is 15.2. The number of carboxylic acid groups (broad SMARTS) is 1. The molecule has 1 saturated heterocycles. The predicted octanol–water partition coefficient (Wildman–Crippen LogP) is 3.72. The first kappa shape index (κ1) is 29.4. The summed E-state index contributed by atoms with van der Waals surface area (Å²) in [6.07, 6.45) is 3.04. The van der Waals surface area contributed by atoms with E-state index in [9.17, 15) is 19.1 Å². The van der Waals surface area contributed by atoms with Crippen molar-refractivity contribution in [2.45, 2.75) is 43.6 Å². The van der Waals surface area contributed by atoms with Crippen molar-refractivity contribution in [3.8, 4) is 23.5 Å². The number of hydrogen-bond acceptors (Lipinski definition) is 6. The van der Waals surface area contributed by atoms with Gasteiger partial charge in [0.05, 0.1) is 11.8 Å². The van der Waals surface area contributed by atoms with Crippen LogP contribution in [0.4, 0.5) is 14.5 Å². The molecule has 0 saturated carbocycles. The van der Waals surface area contributed by atoms with Gasteiger partial charge in [0, 0.05) is 43.9 Å². The summed E-state index contributed by atoms with van der Waals surface area (Å²) in [6, 6.07) is 13.7. The summed E-state index contributed by atoms with van der Waals surface area (Å²) in [4.78, 5) is 26.6. The largest absolute Gasteiger partial charge is 0.479 e. The summed E-state index contributed by atoms with van der Waals surface area (Å²) in [5.74, 6) is 0.222. The molecule has 3 rings (SSSR count). The molecule has 0 spiro atoms. The fourth-order valence-electron chi connectivity index (χ4n) is 4.15. The molecular weight excluding hydrogens is 510 g/mol. The van der Waals surface area contributed by atoms with E-state index in [1.54, 1.807) is 24.3 Å². The van der Waals surface area contributed by atoms with Crippen LogP contribution in [-0.2, 0) is 9.59 Å². The Bertz CT molecular complexity index is 1110. The fraction of sp³-hybridized carbons (Fsp3) is 0.429. The van der Waals surface area contributed by atoms with E-state index in [1.807, 2.05) is 12.1 Å². The van der Waals surface area contributed by atoms with Gasteiger partial charge < -0.3 is 20.6 Å². The molecule has 2 aromatic rings. The second-order valence-corrected chi connectivity index (χ2v) is 10.7. The smallest absolute Gasteiger partial charge is 0.336 e. The Kier molecular flexibility index (Phi) is 10.5. The van der Waals surface area contributed by atoms with E-state index in [-0.39, 0.29) is 17.7 Å². The van der Waals surface area contributed by atoms with Gasteiger partial charge in [0.2, 0.25) is 5.91 Å². The minimum atomic E-state index is -1.81. The first-order valence-corrected chi connectivity index (χ1v) is 13.5. The third-order valence-electron chi connectivity index (χ3n) is 6.07. The standard InChI is InChI=1S/C28H34F2N4O3S/c1-4-17-38-26(27(36)37)33-25(35)23(18-28(2,3)30)32-24(29)21-7-5-19(6-8-21)20-9-11-22(12-10-20)34-15-13-31-14-16-34/h1,5-12,23-24,26,31-32H,13-18H2,2-3H3,(H,33,35)(H,36,37)/t23-,24?,26?/m0/s1. The first-order valence-electron chi connectivity index (χ1n) is 12.4. The topological polar surface area (TPSA) is 93.7 Å². The van der Waals surface area contributed by atoms with Gasteiger partial charge in [0.1, 0.15) is 5.67 Å². The van der Waals surface area contributed by atoms with Gasteiger partial charge >= 0.3 is 5.97 Å². The maximum absolute atomic E-state index is 15.2. The highest BCUT2D eigenvalue weighted by Crippen LogP contribution is 2.27. The number of benzene rings is 2. The molecule has 3 atom stereocenters. The Morgan fingerprint density at radius 3 is 2.24 bits per heavy atom. The lowest BCUT2D eigenvalue weighted by molar-refractivity contribution is -0.139.